The van der Waals surface area contributed by atoms with Crippen LogP contribution in [0, 0.1) is 5.82 Å². The van der Waals surface area contributed by atoms with E-state index in [1.165, 1.54) is 12.1 Å². The van der Waals surface area contributed by atoms with E-state index < -0.39 is 5.54 Å². The predicted molar refractivity (Wildman–Crippen MR) is 113 cm³/mol. The summed E-state index contributed by atoms with van der Waals surface area (Å²) in [6.07, 6.45) is 0. The number of benzene rings is 2. The molecule has 0 aliphatic heterocycles. The zero-order chi connectivity index (χ0) is 21.7. The molecule has 3 aromatic rings. The summed E-state index contributed by atoms with van der Waals surface area (Å²) in [5.74, 6) is 1.23. The number of rotatable bonds is 9. The number of nitrogens with one attached hydrogen (secondary N) is 1. The first-order valence-corrected chi connectivity index (χ1v) is 9.85. The molecule has 0 aliphatic rings. The molecule has 0 atom stereocenters. The van der Waals surface area contributed by atoms with E-state index >= 15 is 0 Å². The van der Waals surface area contributed by atoms with Crippen molar-refractivity contribution in [2.75, 3.05) is 13.2 Å². The maximum absolute atomic E-state index is 13.1. The van der Waals surface area contributed by atoms with Gasteiger partial charge in [0.2, 0.25) is 5.91 Å². The van der Waals surface area contributed by atoms with Crippen molar-refractivity contribution in [2.45, 2.75) is 39.4 Å². The van der Waals surface area contributed by atoms with Gasteiger partial charge >= 0.3 is 0 Å². The summed E-state index contributed by atoms with van der Waals surface area (Å²) in [5, 5.41) is 2.84. The zero-order valence-corrected chi connectivity index (χ0v) is 17.4. The maximum atomic E-state index is 13.1. The van der Waals surface area contributed by atoms with Crippen molar-refractivity contribution in [3.05, 3.63) is 54.1 Å². The quantitative estimate of drug-likeness (QED) is 0.524. The summed E-state index contributed by atoms with van der Waals surface area (Å²) >= 11 is 0. The third kappa shape index (κ3) is 5.34. The average molecular weight is 414 g/mol. The average Bonchev–Trinajstić information content (AvgIpc) is 3.04. The van der Waals surface area contributed by atoms with Crippen molar-refractivity contribution >= 4 is 16.9 Å². The van der Waals surface area contributed by atoms with Gasteiger partial charge in [-0.15, -0.1) is 0 Å². The molecule has 8 heteroatoms. The minimum absolute atomic E-state index is 0.244. The molecule has 2 aromatic carbocycles. The molecule has 0 fully saturated rings. The van der Waals surface area contributed by atoms with Crippen LogP contribution in [0.1, 0.15) is 26.6 Å². The Morgan fingerprint density at radius 2 is 1.90 bits per heavy atom. The first kappa shape index (κ1) is 21.7. The lowest BCUT2D eigenvalue weighted by Crippen LogP contribution is -2.49. The van der Waals surface area contributed by atoms with Gasteiger partial charge in [0.05, 0.1) is 29.7 Å². The smallest absolute Gasteiger partial charge is 0.239 e. The molecule has 160 valence electrons. The number of nitrogens with two attached hydrogens (primary N) is 1. The molecule has 7 nitrogen and oxygen atoms in total. The SMILES string of the molecule is CCOCCn1c(CNC(=O)C(C)(C)N)nc2cc(Oc3ccc(F)cc3)ccc21. The van der Waals surface area contributed by atoms with Gasteiger partial charge in [-0.05, 0) is 57.2 Å². The summed E-state index contributed by atoms with van der Waals surface area (Å²) in [5.41, 5.74) is 6.51. The summed E-state index contributed by atoms with van der Waals surface area (Å²) in [7, 11) is 0. The molecule has 0 bridgehead atoms. The fraction of sp³-hybridized carbons (Fsp3) is 0.364. The normalized spacial score (nSPS) is 11.6. The molecule has 3 N–H and O–H groups in total. The summed E-state index contributed by atoms with van der Waals surface area (Å²) in [6.45, 7) is 7.23. The topological polar surface area (TPSA) is 91.4 Å². The van der Waals surface area contributed by atoms with Gasteiger partial charge in [-0.3, -0.25) is 4.79 Å². The minimum Gasteiger partial charge on any atom is -0.457 e. The second-order valence-electron chi connectivity index (χ2n) is 7.49. The Hall–Kier alpha value is -2.97. The third-order valence-electron chi connectivity index (χ3n) is 4.50. The van der Waals surface area contributed by atoms with Crippen LogP contribution in [-0.2, 0) is 22.6 Å². The lowest BCUT2D eigenvalue weighted by Gasteiger charge is -2.18. The van der Waals surface area contributed by atoms with Crippen molar-refractivity contribution in [3.63, 3.8) is 0 Å². The largest absolute Gasteiger partial charge is 0.457 e. The van der Waals surface area contributed by atoms with E-state index in [2.05, 4.69) is 10.3 Å². The molecule has 30 heavy (non-hydrogen) atoms. The predicted octanol–water partition coefficient (Wildman–Crippen LogP) is 3.36. The third-order valence-corrected chi connectivity index (χ3v) is 4.50. The highest BCUT2D eigenvalue weighted by molar-refractivity contribution is 5.85. The van der Waals surface area contributed by atoms with Crippen LogP contribution in [-0.4, -0.2) is 34.2 Å². The first-order chi connectivity index (χ1) is 14.3. The molecule has 0 aliphatic carbocycles. The number of ether oxygens (including phenoxy) is 2. The molecule has 1 aromatic heterocycles. The van der Waals surface area contributed by atoms with Crippen LogP contribution >= 0.6 is 0 Å². The zero-order valence-electron chi connectivity index (χ0n) is 17.4. The Bertz CT molecular complexity index is 1010. The number of fused-ring (bicyclic) bond motifs is 1. The summed E-state index contributed by atoms with van der Waals surface area (Å²) < 4.78 is 26.4. The Balaban J connectivity index is 1.86. The van der Waals surface area contributed by atoms with Gasteiger partial charge < -0.3 is 25.1 Å². The van der Waals surface area contributed by atoms with Gasteiger partial charge in [0.25, 0.3) is 0 Å². The monoisotopic (exact) mass is 414 g/mol. The number of hydrogen-bond donors (Lipinski definition) is 2. The number of halogens is 1. The Kier molecular flexibility index (Phi) is 6.69. The van der Waals surface area contributed by atoms with E-state index in [1.807, 2.05) is 29.7 Å². The van der Waals surface area contributed by atoms with Crippen molar-refractivity contribution in [1.82, 2.24) is 14.9 Å². The fourth-order valence-electron chi connectivity index (χ4n) is 2.93. The molecular weight excluding hydrogens is 387 g/mol. The van der Waals surface area contributed by atoms with Gasteiger partial charge in [0, 0.05) is 19.2 Å². The molecular formula is C22H27FN4O3. The van der Waals surface area contributed by atoms with Crippen LogP contribution in [0.4, 0.5) is 4.39 Å². The van der Waals surface area contributed by atoms with Crippen molar-refractivity contribution in [1.29, 1.82) is 0 Å². The van der Waals surface area contributed by atoms with E-state index in [9.17, 15) is 9.18 Å². The lowest BCUT2D eigenvalue weighted by molar-refractivity contribution is -0.125. The standard InChI is InChI=1S/C22H27FN4O3/c1-4-29-12-11-27-19-10-9-17(30-16-7-5-15(23)6-8-16)13-18(19)26-20(27)14-25-21(28)22(2,3)24/h5-10,13H,4,11-12,14,24H2,1-3H3,(H,25,28). The van der Waals surface area contributed by atoms with Crippen LogP contribution in [0.15, 0.2) is 42.5 Å². The molecule has 0 radical (unpaired) electrons. The number of carbonyl (C=O) groups is 1. The maximum Gasteiger partial charge on any atom is 0.239 e. The second-order valence-corrected chi connectivity index (χ2v) is 7.49. The Morgan fingerprint density at radius 1 is 1.20 bits per heavy atom. The van der Waals surface area contributed by atoms with Crippen molar-refractivity contribution in [3.8, 4) is 11.5 Å². The fourth-order valence-corrected chi connectivity index (χ4v) is 2.93. The molecule has 1 heterocycles. The Morgan fingerprint density at radius 3 is 2.57 bits per heavy atom. The summed E-state index contributed by atoms with van der Waals surface area (Å²) in [4.78, 5) is 16.8. The molecule has 0 spiro atoms. The van der Waals surface area contributed by atoms with Crippen LogP contribution < -0.4 is 15.8 Å². The molecule has 0 unspecified atom stereocenters. The van der Waals surface area contributed by atoms with E-state index in [4.69, 9.17) is 15.2 Å². The molecule has 1 amide bonds. The number of imidazole rings is 1. The van der Waals surface area contributed by atoms with Gasteiger partial charge in [0.1, 0.15) is 23.1 Å². The molecule has 0 saturated carbocycles. The number of nitrogens with zero attached hydrogens (tertiary/aromatic N) is 2. The molecule has 3 rings (SSSR count). The highest BCUT2D eigenvalue weighted by Crippen LogP contribution is 2.26. The number of amides is 1. The second kappa shape index (κ2) is 9.23. The number of aromatic nitrogens is 2. The van der Waals surface area contributed by atoms with Crippen LogP contribution in [0.2, 0.25) is 0 Å². The van der Waals surface area contributed by atoms with E-state index in [0.29, 0.717) is 37.1 Å². The first-order valence-electron chi connectivity index (χ1n) is 9.85. The summed E-state index contributed by atoms with van der Waals surface area (Å²) in [6, 6.07) is 11.4. The van der Waals surface area contributed by atoms with Crippen LogP contribution in [0.25, 0.3) is 11.0 Å². The number of carbonyl (C=O) groups excluding carboxylic acids is 1. The van der Waals surface area contributed by atoms with Crippen molar-refractivity contribution < 1.29 is 18.7 Å². The minimum atomic E-state index is -0.974. The lowest BCUT2D eigenvalue weighted by atomic mass is 10.1. The number of hydrogen-bond acceptors (Lipinski definition) is 5. The van der Waals surface area contributed by atoms with Crippen LogP contribution in [0.3, 0.4) is 0 Å². The van der Waals surface area contributed by atoms with Gasteiger partial charge in [-0.25, -0.2) is 9.37 Å². The van der Waals surface area contributed by atoms with E-state index in [0.717, 1.165) is 11.0 Å². The molecule has 0 saturated heterocycles. The van der Waals surface area contributed by atoms with Gasteiger partial charge in [0.15, 0.2) is 0 Å². The van der Waals surface area contributed by atoms with Gasteiger partial charge in [-0.2, -0.15) is 0 Å². The van der Waals surface area contributed by atoms with E-state index in [1.54, 1.807) is 26.0 Å². The van der Waals surface area contributed by atoms with Gasteiger partial charge in [-0.1, -0.05) is 0 Å². The van der Waals surface area contributed by atoms with Crippen LogP contribution in [0.5, 0.6) is 11.5 Å². The highest BCUT2D eigenvalue weighted by Gasteiger charge is 2.22. The van der Waals surface area contributed by atoms with E-state index in [-0.39, 0.29) is 18.3 Å². The highest BCUT2D eigenvalue weighted by atomic mass is 19.1. The van der Waals surface area contributed by atoms with Crippen molar-refractivity contribution in [2.24, 2.45) is 5.73 Å². The Labute approximate surface area is 175 Å².